The van der Waals surface area contributed by atoms with Gasteiger partial charge in [-0.25, -0.2) is 12.8 Å². The summed E-state index contributed by atoms with van der Waals surface area (Å²) in [5, 5.41) is 2.80. The lowest BCUT2D eigenvalue weighted by Crippen LogP contribution is -2.41. The first-order valence-corrected chi connectivity index (χ1v) is 13.1. The van der Waals surface area contributed by atoms with E-state index in [1.54, 1.807) is 36.0 Å². The van der Waals surface area contributed by atoms with Crippen LogP contribution in [0, 0.1) is 19.7 Å². The van der Waals surface area contributed by atoms with Gasteiger partial charge in [-0.05, 0) is 55.8 Å². The summed E-state index contributed by atoms with van der Waals surface area (Å²) < 4.78 is 40.8. The Morgan fingerprint density at radius 1 is 0.970 bits per heavy atom. The standard InChI is InChI=1S/C25H27FN2O3S2/c1-19-6-10-23(11-7-19)28(33(30,31)24-12-8-22(26)9-13-24)17-25(29)27-14-15-32-18-21-5-3-4-20(2)16-21/h3-13,16H,14-15,17-18H2,1-2H3,(H,27,29). The minimum Gasteiger partial charge on any atom is -0.354 e. The van der Waals surface area contributed by atoms with Crippen molar-refractivity contribution in [1.82, 2.24) is 5.32 Å². The SMILES string of the molecule is Cc1ccc(N(CC(=O)NCCSCc2cccc(C)c2)S(=O)(=O)c2ccc(F)cc2)cc1. The average molecular weight is 487 g/mol. The molecule has 0 atom stereocenters. The summed E-state index contributed by atoms with van der Waals surface area (Å²) in [5.74, 6) is 0.607. The Labute approximate surface area is 199 Å². The summed E-state index contributed by atoms with van der Waals surface area (Å²) in [4.78, 5) is 12.5. The van der Waals surface area contributed by atoms with Gasteiger partial charge in [-0.3, -0.25) is 9.10 Å². The molecule has 174 valence electrons. The summed E-state index contributed by atoms with van der Waals surface area (Å²) in [6, 6.07) is 19.7. The molecule has 3 rings (SSSR count). The molecule has 0 fully saturated rings. The molecule has 3 aromatic carbocycles. The third-order valence-corrected chi connectivity index (χ3v) is 7.75. The van der Waals surface area contributed by atoms with Gasteiger partial charge < -0.3 is 5.32 Å². The van der Waals surface area contributed by atoms with Crippen molar-refractivity contribution in [2.75, 3.05) is 23.1 Å². The van der Waals surface area contributed by atoms with Crippen LogP contribution in [-0.2, 0) is 20.6 Å². The van der Waals surface area contributed by atoms with Gasteiger partial charge in [0.25, 0.3) is 10.0 Å². The molecule has 3 aromatic rings. The molecule has 1 amide bonds. The van der Waals surface area contributed by atoms with E-state index in [1.165, 1.54) is 23.3 Å². The maximum absolute atomic E-state index is 13.3. The summed E-state index contributed by atoms with van der Waals surface area (Å²) in [5.41, 5.74) is 3.77. The van der Waals surface area contributed by atoms with Crippen LogP contribution in [0.4, 0.5) is 10.1 Å². The van der Waals surface area contributed by atoms with Gasteiger partial charge in [0.05, 0.1) is 10.6 Å². The van der Waals surface area contributed by atoms with Gasteiger partial charge in [0.15, 0.2) is 0 Å². The molecular weight excluding hydrogens is 459 g/mol. The number of nitrogens with one attached hydrogen (secondary N) is 1. The van der Waals surface area contributed by atoms with Gasteiger partial charge >= 0.3 is 0 Å². The second-order valence-corrected chi connectivity index (χ2v) is 10.7. The van der Waals surface area contributed by atoms with Gasteiger partial charge in [0.1, 0.15) is 12.4 Å². The van der Waals surface area contributed by atoms with Crippen molar-refractivity contribution in [3.8, 4) is 0 Å². The summed E-state index contributed by atoms with van der Waals surface area (Å²) in [7, 11) is -4.05. The number of hydrogen-bond acceptors (Lipinski definition) is 4. The van der Waals surface area contributed by atoms with Crippen LogP contribution in [-0.4, -0.2) is 33.2 Å². The van der Waals surface area contributed by atoms with Gasteiger partial charge in [-0.2, -0.15) is 11.8 Å². The quantitative estimate of drug-likeness (QED) is 0.423. The third kappa shape index (κ3) is 7.07. The first-order chi connectivity index (χ1) is 15.8. The predicted octanol–water partition coefficient (Wildman–Crippen LogP) is 4.69. The number of aryl methyl sites for hydroxylation is 2. The number of rotatable bonds is 10. The summed E-state index contributed by atoms with van der Waals surface area (Å²) in [6.07, 6.45) is 0. The molecule has 0 saturated heterocycles. The van der Waals surface area contributed by atoms with E-state index in [0.29, 0.717) is 18.0 Å². The molecular formula is C25H27FN2O3S2. The molecule has 1 N–H and O–H groups in total. The van der Waals surface area contributed by atoms with E-state index in [-0.39, 0.29) is 11.4 Å². The molecule has 8 heteroatoms. The van der Waals surface area contributed by atoms with Crippen molar-refractivity contribution in [1.29, 1.82) is 0 Å². The second kappa shape index (κ2) is 11.3. The topological polar surface area (TPSA) is 66.5 Å². The highest BCUT2D eigenvalue weighted by molar-refractivity contribution is 7.98. The number of nitrogens with zero attached hydrogens (tertiary/aromatic N) is 1. The van der Waals surface area contributed by atoms with Gasteiger partial charge in [-0.1, -0.05) is 47.5 Å². The number of anilines is 1. The van der Waals surface area contributed by atoms with E-state index in [2.05, 4.69) is 17.4 Å². The Hall–Kier alpha value is -2.84. The molecule has 0 radical (unpaired) electrons. The van der Waals surface area contributed by atoms with Crippen LogP contribution in [0.3, 0.4) is 0 Å². The molecule has 5 nitrogen and oxygen atoms in total. The van der Waals surface area contributed by atoms with E-state index in [9.17, 15) is 17.6 Å². The van der Waals surface area contributed by atoms with Crippen LogP contribution in [0.2, 0.25) is 0 Å². The maximum Gasteiger partial charge on any atom is 0.264 e. The van der Waals surface area contributed by atoms with Crippen molar-refractivity contribution < 1.29 is 17.6 Å². The van der Waals surface area contributed by atoms with Crippen LogP contribution in [0.15, 0.2) is 77.7 Å². The number of thioether (sulfide) groups is 1. The lowest BCUT2D eigenvalue weighted by Gasteiger charge is -2.24. The maximum atomic E-state index is 13.3. The fourth-order valence-electron chi connectivity index (χ4n) is 3.20. The van der Waals surface area contributed by atoms with Crippen LogP contribution in [0.1, 0.15) is 16.7 Å². The number of benzene rings is 3. The molecule has 33 heavy (non-hydrogen) atoms. The molecule has 0 heterocycles. The normalized spacial score (nSPS) is 11.2. The second-order valence-electron chi connectivity index (χ2n) is 7.69. The van der Waals surface area contributed by atoms with E-state index < -0.39 is 21.7 Å². The number of amides is 1. The molecule has 0 aliphatic heterocycles. The van der Waals surface area contributed by atoms with Gasteiger partial charge in [-0.15, -0.1) is 0 Å². The van der Waals surface area contributed by atoms with Crippen molar-refractivity contribution >= 4 is 33.4 Å². The van der Waals surface area contributed by atoms with Crippen molar-refractivity contribution in [2.45, 2.75) is 24.5 Å². The highest BCUT2D eigenvalue weighted by Crippen LogP contribution is 2.24. The van der Waals surface area contributed by atoms with E-state index in [4.69, 9.17) is 0 Å². The third-order valence-electron chi connectivity index (χ3n) is 4.93. The average Bonchev–Trinajstić information content (AvgIpc) is 2.78. The fourth-order valence-corrected chi connectivity index (χ4v) is 5.43. The smallest absolute Gasteiger partial charge is 0.264 e. The first-order valence-electron chi connectivity index (χ1n) is 10.5. The van der Waals surface area contributed by atoms with Crippen LogP contribution >= 0.6 is 11.8 Å². The zero-order chi connectivity index (χ0) is 23.8. The Kier molecular flexibility index (Phi) is 8.52. The van der Waals surface area contributed by atoms with E-state index >= 15 is 0 Å². The number of carbonyl (C=O) groups excluding carboxylic acids is 1. The molecule has 0 saturated carbocycles. The highest BCUT2D eigenvalue weighted by atomic mass is 32.2. The van der Waals surface area contributed by atoms with Gasteiger partial charge in [0.2, 0.25) is 5.91 Å². The zero-order valence-corrected chi connectivity index (χ0v) is 20.3. The van der Waals surface area contributed by atoms with Crippen LogP contribution in [0.25, 0.3) is 0 Å². The van der Waals surface area contributed by atoms with Crippen molar-refractivity contribution in [3.63, 3.8) is 0 Å². The fraction of sp³-hybridized carbons (Fsp3) is 0.240. The van der Waals surface area contributed by atoms with Crippen molar-refractivity contribution in [3.05, 3.63) is 95.3 Å². The number of carbonyl (C=O) groups is 1. The first kappa shape index (κ1) is 24.8. The van der Waals surface area contributed by atoms with Crippen molar-refractivity contribution in [2.24, 2.45) is 0 Å². The molecule has 0 aliphatic rings. The van der Waals surface area contributed by atoms with E-state index in [1.807, 2.05) is 26.0 Å². The van der Waals surface area contributed by atoms with Gasteiger partial charge in [0, 0.05) is 18.1 Å². The Balaban J connectivity index is 1.64. The summed E-state index contributed by atoms with van der Waals surface area (Å²) in [6.45, 7) is 4.00. The Bertz CT molecular complexity index is 1180. The zero-order valence-electron chi connectivity index (χ0n) is 18.6. The molecule has 0 spiro atoms. The van der Waals surface area contributed by atoms with Crippen LogP contribution < -0.4 is 9.62 Å². The number of sulfonamides is 1. The Morgan fingerprint density at radius 2 is 1.67 bits per heavy atom. The lowest BCUT2D eigenvalue weighted by atomic mass is 10.2. The minimum absolute atomic E-state index is 0.0778. The van der Waals surface area contributed by atoms with E-state index in [0.717, 1.165) is 27.8 Å². The number of hydrogen-bond donors (Lipinski definition) is 1. The monoisotopic (exact) mass is 486 g/mol. The number of halogens is 1. The minimum atomic E-state index is -4.05. The lowest BCUT2D eigenvalue weighted by molar-refractivity contribution is -0.119. The highest BCUT2D eigenvalue weighted by Gasteiger charge is 2.27. The summed E-state index contributed by atoms with van der Waals surface area (Å²) >= 11 is 1.70. The molecule has 0 unspecified atom stereocenters. The Morgan fingerprint density at radius 3 is 2.33 bits per heavy atom. The molecule has 0 aliphatic carbocycles. The van der Waals surface area contributed by atoms with Crippen LogP contribution in [0.5, 0.6) is 0 Å². The largest absolute Gasteiger partial charge is 0.354 e. The molecule has 0 bridgehead atoms. The predicted molar refractivity (Wildman–Crippen MR) is 132 cm³/mol. The molecule has 0 aromatic heterocycles.